The van der Waals surface area contributed by atoms with Crippen LogP contribution in [-0.2, 0) is 4.74 Å². The molecule has 2 fully saturated rings. The monoisotopic (exact) mass is 284 g/mol. The number of hydrogen-bond acceptors (Lipinski definition) is 4. The molecule has 0 bridgehead atoms. The van der Waals surface area contributed by atoms with E-state index in [0.29, 0.717) is 5.92 Å². The zero-order valence-electron chi connectivity index (χ0n) is 13.5. The lowest BCUT2D eigenvalue weighted by Crippen LogP contribution is -2.55. The Balaban J connectivity index is 1.92. The first-order chi connectivity index (χ1) is 9.54. The third-order valence-corrected chi connectivity index (χ3v) is 5.33. The summed E-state index contributed by atoms with van der Waals surface area (Å²) in [5.74, 6) is 0.603. The molecule has 118 valence electrons. The largest absolute Gasteiger partial charge is 0.394 e. The highest BCUT2D eigenvalue weighted by Crippen LogP contribution is 2.38. The molecule has 4 nitrogen and oxygen atoms in total. The number of likely N-dealkylation sites (N-methyl/N-ethyl adjacent to an activating group) is 1. The van der Waals surface area contributed by atoms with Crippen molar-refractivity contribution in [2.45, 2.75) is 57.5 Å². The highest BCUT2D eigenvalue weighted by molar-refractivity contribution is 4.99. The van der Waals surface area contributed by atoms with Crippen LogP contribution in [0, 0.1) is 5.92 Å². The summed E-state index contributed by atoms with van der Waals surface area (Å²) in [5, 5.41) is 13.4. The van der Waals surface area contributed by atoms with Gasteiger partial charge in [-0.05, 0) is 52.1 Å². The van der Waals surface area contributed by atoms with Gasteiger partial charge in [0.05, 0.1) is 19.8 Å². The van der Waals surface area contributed by atoms with Crippen molar-refractivity contribution in [3.05, 3.63) is 0 Å². The van der Waals surface area contributed by atoms with E-state index in [2.05, 4.69) is 31.0 Å². The van der Waals surface area contributed by atoms with Crippen LogP contribution in [0.1, 0.15) is 46.5 Å². The second-order valence-electron chi connectivity index (χ2n) is 7.07. The number of rotatable bonds is 6. The molecule has 0 amide bonds. The van der Waals surface area contributed by atoms with Gasteiger partial charge in [-0.3, -0.25) is 4.90 Å². The molecule has 0 spiro atoms. The van der Waals surface area contributed by atoms with Crippen LogP contribution in [0.3, 0.4) is 0 Å². The van der Waals surface area contributed by atoms with Crippen LogP contribution in [0.4, 0.5) is 0 Å². The molecule has 2 rings (SSSR count). The zero-order valence-corrected chi connectivity index (χ0v) is 13.5. The quantitative estimate of drug-likeness (QED) is 0.778. The Kier molecular flexibility index (Phi) is 5.46. The van der Waals surface area contributed by atoms with E-state index in [9.17, 15) is 5.11 Å². The van der Waals surface area contributed by atoms with E-state index in [1.807, 2.05) is 0 Å². The molecule has 2 N–H and O–H groups in total. The minimum Gasteiger partial charge on any atom is -0.394 e. The zero-order chi connectivity index (χ0) is 14.6. The summed E-state index contributed by atoms with van der Waals surface area (Å²) in [4.78, 5) is 2.56. The molecule has 0 aromatic rings. The average molecular weight is 284 g/mol. The van der Waals surface area contributed by atoms with E-state index in [0.717, 1.165) is 39.3 Å². The number of hydrogen-bond donors (Lipinski definition) is 2. The summed E-state index contributed by atoms with van der Waals surface area (Å²) in [6.45, 7) is 11.7. The predicted octanol–water partition coefficient (Wildman–Crippen LogP) is 1.63. The number of aliphatic hydroxyl groups excluding tert-OH is 1. The number of ether oxygens (including phenoxy) is 1. The molecular weight excluding hydrogens is 252 g/mol. The normalized spacial score (nSPS) is 34.5. The van der Waals surface area contributed by atoms with Gasteiger partial charge in [0.25, 0.3) is 0 Å². The van der Waals surface area contributed by atoms with E-state index < -0.39 is 0 Å². The van der Waals surface area contributed by atoms with Gasteiger partial charge in [0, 0.05) is 17.6 Å². The molecule has 0 aromatic carbocycles. The Morgan fingerprint density at radius 3 is 2.85 bits per heavy atom. The molecule has 4 heteroatoms. The topological polar surface area (TPSA) is 44.7 Å². The van der Waals surface area contributed by atoms with Crippen molar-refractivity contribution in [1.29, 1.82) is 0 Å². The number of morpholine rings is 1. The fourth-order valence-corrected chi connectivity index (χ4v) is 4.03. The Labute approximate surface area is 123 Å². The first kappa shape index (κ1) is 16.2. The highest BCUT2D eigenvalue weighted by atomic mass is 16.5. The van der Waals surface area contributed by atoms with Crippen molar-refractivity contribution >= 4 is 0 Å². The van der Waals surface area contributed by atoms with Crippen molar-refractivity contribution in [2.75, 3.05) is 39.5 Å². The molecule has 2 aliphatic rings. The van der Waals surface area contributed by atoms with Crippen molar-refractivity contribution < 1.29 is 9.84 Å². The van der Waals surface area contributed by atoms with Gasteiger partial charge in [0.1, 0.15) is 0 Å². The molecule has 1 heterocycles. The smallest absolute Gasteiger partial charge is 0.0645 e. The summed E-state index contributed by atoms with van der Waals surface area (Å²) < 4.78 is 5.59. The van der Waals surface area contributed by atoms with E-state index in [1.54, 1.807) is 0 Å². The van der Waals surface area contributed by atoms with E-state index in [4.69, 9.17) is 4.74 Å². The van der Waals surface area contributed by atoms with Crippen LogP contribution in [0.25, 0.3) is 0 Å². The molecule has 1 aliphatic carbocycles. The molecule has 0 radical (unpaired) electrons. The number of nitrogens with zero attached hydrogens (tertiary/aromatic N) is 1. The average Bonchev–Trinajstić information content (AvgIpc) is 2.81. The second-order valence-corrected chi connectivity index (χ2v) is 7.07. The molecule has 1 aliphatic heterocycles. The second kappa shape index (κ2) is 6.73. The summed E-state index contributed by atoms with van der Waals surface area (Å²) in [6.07, 6.45) is 4.79. The maximum absolute atomic E-state index is 9.86. The summed E-state index contributed by atoms with van der Waals surface area (Å²) in [6, 6.07) is 0. The van der Waals surface area contributed by atoms with Crippen molar-refractivity contribution in [3.8, 4) is 0 Å². The van der Waals surface area contributed by atoms with Crippen molar-refractivity contribution in [1.82, 2.24) is 10.2 Å². The van der Waals surface area contributed by atoms with Crippen LogP contribution >= 0.6 is 0 Å². The summed E-state index contributed by atoms with van der Waals surface area (Å²) in [5.41, 5.74) is 0.127. The predicted molar refractivity (Wildman–Crippen MR) is 81.9 cm³/mol. The van der Waals surface area contributed by atoms with E-state index in [1.165, 1.54) is 19.3 Å². The third kappa shape index (κ3) is 3.35. The van der Waals surface area contributed by atoms with E-state index >= 15 is 0 Å². The van der Waals surface area contributed by atoms with Gasteiger partial charge in [-0.25, -0.2) is 0 Å². The molecule has 2 atom stereocenters. The Morgan fingerprint density at radius 1 is 1.40 bits per heavy atom. The fourth-order valence-electron chi connectivity index (χ4n) is 4.03. The lowest BCUT2D eigenvalue weighted by molar-refractivity contribution is -0.0543. The minimum atomic E-state index is -0.0226. The lowest BCUT2D eigenvalue weighted by atomic mass is 9.84. The Morgan fingerprint density at radius 2 is 2.20 bits per heavy atom. The number of nitrogens with one attached hydrogen (secondary N) is 1. The van der Waals surface area contributed by atoms with Gasteiger partial charge < -0.3 is 15.2 Å². The van der Waals surface area contributed by atoms with Crippen molar-refractivity contribution in [3.63, 3.8) is 0 Å². The Hall–Kier alpha value is -0.160. The molecular formula is C16H32N2O2. The van der Waals surface area contributed by atoms with Crippen LogP contribution in [0.2, 0.25) is 0 Å². The van der Waals surface area contributed by atoms with Crippen LogP contribution in [-0.4, -0.2) is 60.5 Å². The minimum absolute atomic E-state index is 0.0226. The first-order valence-corrected chi connectivity index (χ1v) is 8.23. The van der Waals surface area contributed by atoms with Crippen LogP contribution < -0.4 is 5.32 Å². The summed E-state index contributed by atoms with van der Waals surface area (Å²) >= 11 is 0. The van der Waals surface area contributed by atoms with Crippen LogP contribution in [0.15, 0.2) is 0 Å². The third-order valence-electron chi connectivity index (χ3n) is 5.33. The van der Waals surface area contributed by atoms with Gasteiger partial charge >= 0.3 is 0 Å². The van der Waals surface area contributed by atoms with Crippen LogP contribution in [0.5, 0.6) is 0 Å². The lowest BCUT2D eigenvalue weighted by Gasteiger charge is -2.43. The maximum atomic E-state index is 9.86. The SMILES string of the molecule is CCNC1(CO)CCCC1CCN1CCOCC1(C)C. The molecule has 1 saturated heterocycles. The highest BCUT2D eigenvalue weighted by Gasteiger charge is 2.42. The molecule has 1 saturated carbocycles. The van der Waals surface area contributed by atoms with Gasteiger partial charge in [-0.15, -0.1) is 0 Å². The van der Waals surface area contributed by atoms with E-state index in [-0.39, 0.29) is 17.7 Å². The molecule has 0 aromatic heterocycles. The molecule has 20 heavy (non-hydrogen) atoms. The number of aliphatic hydroxyl groups is 1. The first-order valence-electron chi connectivity index (χ1n) is 8.23. The van der Waals surface area contributed by atoms with Gasteiger partial charge in [0.15, 0.2) is 0 Å². The fraction of sp³-hybridized carbons (Fsp3) is 1.00. The van der Waals surface area contributed by atoms with Gasteiger partial charge in [-0.2, -0.15) is 0 Å². The maximum Gasteiger partial charge on any atom is 0.0645 e. The Bertz CT molecular complexity index is 309. The summed E-state index contributed by atoms with van der Waals surface area (Å²) in [7, 11) is 0. The van der Waals surface area contributed by atoms with Gasteiger partial charge in [-0.1, -0.05) is 13.3 Å². The standard InChI is InChI=1S/C16H32N2O2/c1-4-17-16(12-19)8-5-6-14(16)7-9-18-10-11-20-13-15(18,2)3/h14,17,19H,4-13H2,1-3H3. The molecule has 2 unspecified atom stereocenters. The van der Waals surface area contributed by atoms with Gasteiger partial charge in [0.2, 0.25) is 0 Å². The van der Waals surface area contributed by atoms with Crippen molar-refractivity contribution in [2.24, 2.45) is 5.92 Å².